The molecule has 6 atom stereocenters. The molecule has 9 nitrogen and oxygen atoms in total. The van der Waals surface area contributed by atoms with Gasteiger partial charge in [0, 0.05) is 13.7 Å². The third kappa shape index (κ3) is 17.6. The highest BCUT2D eigenvalue weighted by atomic mass is 31.2. The number of unbranched alkanes of at least 4 members (excludes halogenated alkanes) is 15. The van der Waals surface area contributed by atoms with Crippen LogP contribution in [0.25, 0.3) is 0 Å². The molecule has 228 valence electrons. The number of phosphoric ester groups is 1. The predicted octanol–water partition coefficient (Wildman–Crippen LogP) is 5.66. The van der Waals surface area contributed by atoms with Gasteiger partial charge >= 0.3 is 7.82 Å². The van der Waals surface area contributed by atoms with E-state index in [2.05, 4.69) is 6.92 Å². The molecule has 38 heavy (non-hydrogen) atoms. The number of hydrogen-bond acceptors (Lipinski definition) is 8. The molecule has 0 aromatic carbocycles. The fourth-order valence-electron chi connectivity index (χ4n) is 4.77. The average molecular weight is 569 g/mol. The van der Waals surface area contributed by atoms with Crippen LogP contribution in [0, 0.1) is 0 Å². The van der Waals surface area contributed by atoms with E-state index in [1.54, 1.807) is 0 Å². The second-order valence-corrected chi connectivity index (χ2v) is 12.2. The summed E-state index contributed by atoms with van der Waals surface area (Å²) in [7, 11) is -3.12. The van der Waals surface area contributed by atoms with Gasteiger partial charge in [0.1, 0.15) is 18.3 Å². The zero-order valence-electron chi connectivity index (χ0n) is 24.0. The molecule has 0 aromatic rings. The molecule has 4 N–H and O–H groups in total. The zero-order valence-corrected chi connectivity index (χ0v) is 24.9. The number of aliphatic hydroxyl groups excluding tert-OH is 3. The van der Waals surface area contributed by atoms with E-state index >= 15 is 0 Å². The topological polar surface area (TPSA) is 135 Å². The number of phosphoric acid groups is 1. The minimum absolute atomic E-state index is 0.150. The molecule has 0 amide bonds. The van der Waals surface area contributed by atoms with Crippen LogP contribution in [0.15, 0.2) is 0 Å². The first-order chi connectivity index (χ1) is 18.3. The summed E-state index contributed by atoms with van der Waals surface area (Å²) in [5.41, 5.74) is 0. The van der Waals surface area contributed by atoms with Crippen LogP contribution in [0.4, 0.5) is 0 Å². The molecule has 0 aromatic heterocycles. The molecule has 1 rings (SSSR count). The highest BCUT2D eigenvalue weighted by Crippen LogP contribution is 2.47. The number of ether oxygens (including phenoxy) is 2. The SMILES string of the molecule is CCCCCCCCCCCCCCCCCCOC[C@H](COP(=O)(O)O[C@H]1[C@H](O)[C@@H](O)CC[C@H]1O)OC. The summed E-state index contributed by atoms with van der Waals surface area (Å²) >= 11 is 0. The number of hydrogen-bond donors (Lipinski definition) is 4. The maximum Gasteiger partial charge on any atom is 0.472 e. The lowest BCUT2D eigenvalue weighted by molar-refractivity contribution is -0.133. The van der Waals surface area contributed by atoms with E-state index < -0.39 is 38.3 Å². The molecule has 1 saturated carbocycles. The molecule has 0 bridgehead atoms. The van der Waals surface area contributed by atoms with Gasteiger partial charge in [-0.15, -0.1) is 0 Å². The van der Waals surface area contributed by atoms with E-state index in [1.165, 1.54) is 97.0 Å². The summed E-state index contributed by atoms with van der Waals surface area (Å²) in [5, 5.41) is 29.6. The van der Waals surface area contributed by atoms with Crippen molar-refractivity contribution in [1.29, 1.82) is 0 Å². The van der Waals surface area contributed by atoms with E-state index in [0.717, 1.165) is 12.8 Å². The molecule has 1 aliphatic rings. The van der Waals surface area contributed by atoms with E-state index in [1.807, 2.05) is 0 Å². The number of methoxy groups -OCH3 is 1. The Bertz CT molecular complexity index is 595. The summed E-state index contributed by atoms with van der Waals surface area (Å²) in [4.78, 5) is 9.97. The molecule has 1 unspecified atom stereocenters. The largest absolute Gasteiger partial charge is 0.472 e. The molecule has 0 aliphatic heterocycles. The van der Waals surface area contributed by atoms with Crippen molar-refractivity contribution in [3.63, 3.8) is 0 Å². The fourth-order valence-corrected chi connectivity index (χ4v) is 5.76. The highest BCUT2D eigenvalue weighted by molar-refractivity contribution is 7.47. The van der Waals surface area contributed by atoms with Crippen LogP contribution in [0.5, 0.6) is 0 Å². The highest BCUT2D eigenvalue weighted by Gasteiger charge is 2.42. The summed E-state index contributed by atoms with van der Waals surface area (Å²) < 4.78 is 33.1. The van der Waals surface area contributed by atoms with Crippen LogP contribution in [-0.4, -0.2) is 77.7 Å². The van der Waals surface area contributed by atoms with Crippen molar-refractivity contribution in [2.24, 2.45) is 0 Å². The standard InChI is InChI=1S/C28H57O9P/c1-3-4-5-6-7-8-9-10-11-12-13-14-15-16-17-18-21-35-22-24(34-2)23-36-38(32,33)37-28-26(30)20-19-25(29)27(28)31/h24-31H,3-23H2,1-2H3,(H,32,33)/t24-,25+,26-,27-,28-/m1/s1. The Morgan fingerprint density at radius 1 is 0.737 bits per heavy atom. The van der Waals surface area contributed by atoms with Gasteiger partial charge in [-0.2, -0.15) is 0 Å². The Balaban J connectivity index is 1.97. The van der Waals surface area contributed by atoms with Crippen molar-refractivity contribution in [1.82, 2.24) is 0 Å². The molecule has 1 fully saturated rings. The van der Waals surface area contributed by atoms with Gasteiger partial charge in [-0.05, 0) is 19.3 Å². The average Bonchev–Trinajstić information content (AvgIpc) is 2.90. The predicted molar refractivity (Wildman–Crippen MR) is 149 cm³/mol. The van der Waals surface area contributed by atoms with Crippen LogP contribution in [0.2, 0.25) is 0 Å². The van der Waals surface area contributed by atoms with Crippen LogP contribution in [0.3, 0.4) is 0 Å². The maximum absolute atomic E-state index is 12.3. The third-order valence-electron chi connectivity index (χ3n) is 7.33. The molecule has 0 saturated heterocycles. The molecule has 0 heterocycles. The Morgan fingerprint density at radius 3 is 1.71 bits per heavy atom. The van der Waals surface area contributed by atoms with E-state index in [0.29, 0.717) is 6.61 Å². The normalized spacial score (nSPS) is 24.4. The first-order valence-electron chi connectivity index (χ1n) is 15.1. The van der Waals surface area contributed by atoms with E-state index in [-0.39, 0.29) is 26.1 Å². The van der Waals surface area contributed by atoms with Gasteiger partial charge in [-0.3, -0.25) is 9.05 Å². The lowest BCUT2D eigenvalue weighted by Crippen LogP contribution is -2.50. The Morgan fingerprint density at radius 2 is 1.21 bits per heavy atom. The van der Waals surface area contributed by atoms with Gasteiger partial charge < -0.3 is 29.7 Å². The lowest BCUT2D eigenvalue weighted by atomic mass is 9.90. The van der Waals surface area contributed by atoms with Crippen molar-refractivity contribution < 1.29 is 43.3 Å². The summed E-state index contributed by atoms with van der Waals surface area (Å²) in [6.07, 6.45) is 15.6. The van der Waals surface area contributed by atoms with Gasteiger partial charge in [0.15, 0.2) is 0 Å². The first kappa shape index (κ1) is 35.9. The van der Waals surface area contributed by atoms with Crippen LogP contribution in [0.1, 0.15) is 122 Å². The molecular formula is C28H57O9P. The molecule has 0 spiro atoms. The zero-order chi connectivity index (χ0) is 28.1. The minimum Gasteiger partial charge on any atom is -0.390 e. The van der Waals surface area contributed by atoms with Gasteiger partial charge in [-0.1, -0.05) is 103 Å². The van der Waals surface area contributed by atoms with Gasteiger partial charge in [0.25, 0.3) is 0 Å². The molecular weight excluding hydrogens is 511 g/mol. The third-order valence-corrected chi connectivity index (χ3v) is 8.31. The fraction of sp³-hybridized carbons (Fsp3) is 1.00. The Labute approximate surface area is 231 Å². The van der Waals surface area contributed by atoms with Gasteiger partial charge in [0.05, 0.1) is 25.4 Å². The number of aliphatic hydroxyl groups is 3. The van der Waals surface area contributed by atoms with Crippen molar-refractivity contribution in [3.8, 4) is 0 Å². The molecule has 1 aliphatic carbocycles. The summed E-state index contributed by atoms with van der Waals surface area (Å²) in [6.45, 7) is 2.82. The van der Waals surface area contributed by atoms with Crippen LogP contribution < -0.4 is 0 Å². The molecule has 0 radical (unpaired) electrons. The van der Waals surface area contributed by atoms with Crippen LogP contribution in [-0.2, 0) is 23.1 Å². The minimum atomic E-state index is -4.57. The Hall–Kier alpha value is -0.0900. The van der Waals surface area contributed by atoms with Crippen molar-refractivity contribution >= 4 is 7.82 Å². The summed E-state index contributed by atoms with van der Waals surface area (Å²) in [6, 6.07) is 0. The smallest absolute Gasteiger partial charge is 0.390 e. The first-order valence-corrected chi connectivity index (χ1v) is 16.6. The quantitative estimate of drug-likeness (QED) is 0.0813. The Kier molecular flexibility index (Phi) is 21.4. The van der Waals surface area contributed by atoms with Gasteiger partial charge in [0.2, 0.25) is 0 Å². The second-order valence-electron chi connectivity index (χ2n) is 10.8. The summed E-state index contributed by atoms with van der Waals surface area (Å²) in [5.74, 6) is 0. The van der Waals surface area contributed by atoms with Crippen molar-refractivity contribution in [2.75, 3.05) is 26.9 Å². The number of rotatable bonds is 25. The monoisotopic (exact) mass is 568 g/mol. The van der Waals surface area contributed by atoms with Crippen molar-refractivity contribution in [2.45, 2.75) is 153 Å². The van der Waals surface area contributed by atoms with E-state index in [4.69, 9.17) is 18.5 Å². The van der Waals surface area contributed by atoms with E-state index in [9.17, 15) is 24.8 Å². The van der Waals surface area contributed by atoms with Crippen LogP contribution >= 0.6 is 7.82 Å². The lowest BCUT2D eigenvalue weighted by Gasteiger charge is -2.35. The van der Waals surface area contributed by atoms with Crippen molar-refractivity contribution in [3.05, 3.63) is 0 Å². The second kappa shape index (κ2) is 22.6. The maximum atomic E-state index is 12.3. The van der Waals surface area contributed by atoms with Gasteiger partial charge in [-0.25, -0.2) is 4.57 Å². The molecule has 10 heteroatoms.